The van der Waals surface area contributed by atoms with Crippen molar-refractivity contribution in [3.05, 3.63) is 35.4 Å². The van der Waals surface area contributed by atoms with Crippen molar-refractivity contribution in [3.63, 3.8) is 0 Å². The minimum Gasteiger partial charge on any atom is -0.299 e. The topological polar surface area (TPSA) is 17.1 Å². The zero-order valence-corrected chi connectivity index (χ0v) is 10.6. The van der Waals surface area contributed by atoms with Crippen molar-refractivity contribution in [1.29, 1.82) is 0 Å². The molecule has 1 unspecified atom stereocenters. The lowest BCUT2D eigenvalue weighted by Crippen LogP contribution is -2.31. The average Bonchev–Trinajstić information content (AvgIpc) is 2.47. The monoisotopic (exact) mass is 216 g/mol. The second-order valence-electron chi connectivity index (χ2n) is 5.72. The van der Waals surface area contributed by atoms with Crippen molar-refractivity contribution in [2.75, 3.05) is 0 Å². The molecule has 0 amide bonds. The predicted molar refractivity (Wildman–Crippen MR) is 66.7 cm³/mol. The summed E-state index contributed by atoms with van der Waals surface area (Å²) in [4.78, 5) is 12.2. The second kappa shape index (κ2) is 3.44. The number of Topliss-reactive ketones (excluding diaryl/α,β-unsaturated/α-hetero) is 1. The molecular weight excluding hydrogens is 196 g/mol. The summed E-state index contributed by atoms with van der Waals surface area (Å²) in [6, 6.07) is 8.41. The molecule has 1 aliphatic carbocycles. The van der Waals surface area contributed by atoms with Crippen molar-refractivity contribution >= 4 is 5.78 Å². The number of ketones is 1. The Bertz CT molecular complexity index is 431. The van der Waals surface area contributed by atoms with Gasteiger partial charge in [-0.2, -0.15) is 0 Å². The summed E-state index contributed by atoms with van der Waals surface area (Å²) in [5.41, 5.74) is 2.44. The molecule has 0 saturated heterocycles. The number of fused-ring (bicyclic) bond motifs is 1. The fourth-order valence-electron chi connectivity index (χ4n) is 3.27. The van der Waals surface area contributed by atoms with E-state index in [-0.39, 0.29) is 10.8 Å². The van der Waals surface area contributed by atoms with Crippen LogP contribution in [0.25, 0.3) is 0 Å². The molecule has 0 saturated carbocycles. The Morgan fingerprint density at radius 3 is 2.31 bits per heavy atom. The minimum atomic E-state index is -0.269. The Morgan fingerprint density at radius 2 is 1.75 bits per heavy atom. The van der Waals surface area contributed by atoms with Crippen LogP contribution in [-0.2, 0) is 15.6 Å². The molecule has 0 N–H and O–H groups in total. The third kappa shape index (κ3) is 1.41. The van der Waals surface area contributed by atoms with E-state index < -0.39 is 0 Å². The van der Waals surface area contributed by atoms with Crippen molar-refractivity contribution in [2.24, 2.45) is 0 Å². The maximum atomic E-state index is 12.2. The SMILES string of the molecule is CCC(=O)C1(C)CC(C)(C)c2ccccc21. The van der Waals surface area contributed by atoms with Crippen LogP contribution in [0.1, 0.15) is 51.7 Å². The molecule has 0 aliphatic heterocycles. The molecule has 1 aliphatic rings. The van der Waals surface area contributed by atoms with Gasteiger partial charge in [-0.1, -0.05) is 45.0 Å². The number of hydrogen-bond donors (Lipinski definition) is 0. The molecule has 0 radical (unpaired) electrons. The highest BCUT2D eigenvalue weighted by Gasteiger charge is 2.47. The first-order valence-electron chi connectivity index (χ1n) is 6.05. The third-order valence-corrected chi connectivity index (χ3v) is 3.98. The molecule has 0 spiro atoms. The number of hydrogen-bond acceptors (Lipinski definition) is 1. The first-order valence-corrected chi connectivity index (χ1v) is 6.05. The first-order chi connectivity index (χ1) is 7.42. The average molecular weight is 216 g/mol. The number of rotatable bonds is 2. The largest absolute Gasteiger partial charge is 0.299 e. The Morgan fingerprint density at radius 1 is 1.19 bits per heavy atom. The summed E-state index contributed by atoms with van der Waals surface area (Å²) in [5, 5.41) is 0. The van der Waals surface area contributed by atoms with Crippen LogP contribution in [0, 0.1) is 0 Å². The van der Waals surface area contributed by atoms with Gasteiger partial charge in [-0.3, -0.25) is 4.79 Å². The maximum absolute atomic E-state index is 12.2. The Balaban J connectivity index is 2.60. The Kier molecular flexibility index (Phi) is 2.45. The summed E-state index contributed by atoms with van der Waals surface area (Å²) < 4.78 is 0. The highest BCUT2D eigenvalue weighted by atomic mass is 16.1. The van der Waals surface area contributed by atoms with Gasteiger partial charge in [0.1, 0.15) is 5.78 Å². The molecule has 2 rings (SSSR count). The molecule has 1 aromatic rings. The lowest BCUT2D eigenvalue weighted by Gasteiger charge is -2.25. The Labute approximate surface area is 97.9 Å². The molecule has 1 heteroatoms. The van der Waals surface area contributed by atoms with Crippen molar-refractivity contribution in [3.8, 4) is 0 Å². The van der Waals surface area contributed by atoms with E-state index in [1.165, 1.54) is 11.1 Å². The maximum Gasteiger partial charge on any atom is 0.142 e. The number of benzene rings is 1. The molecule has 1 nitrogen and oxygen atoms in total. The summed E-state index contributed by atoms with van der Waals surface area (Å²) >= 11 is 0. The van der Waals surface area contributed by atoms with E-state index in [1.807, 2.05) is 13.0 Å². The highest BCUT2D eigenvalue weighted by molar-refractivity contribution is 5.91. The van der Waals surface area contributed by atoms with E-state index in [4.69, 9.17) is 0 Å². The molecular formula is C15H20O. The van der Waals surface area contributed by atoms with E-state index in [2.05, 4.69) is 39.0 Å². The molecule has 0 aromatic heterocycles. The van der Waals surface area contributed by atoms with Crippen LogP contribution in [0.2, 0.25) is 0 Å². The van der Waals surface area contributed by atoms with Crippen LogP contribution in [0.3, 0.4) is 0 Å². The molecule has 0 heterocycles. The van der Waals surface area contributed by atoms with E-state index in [0.717, 1.165) is 6.42 Å². The van der Waals surface area contributed by atoms with Gasteiger partial charge in [0.05, 0.1) is 5.41 Å². The van der Waals surface area contributed by atoms with E-state index in [1.54, 1.807) is 0 Å². The van der Waals surface area contributed by atoms with Gasteiger partial charge in [-0.25, -0.2) is 0 Å². The van der Waals surface area contributed by atoms with Crippen LogP contribution in [-0.4, -0.2) is 5.78 Å². The molecule has 0 fully saturated rings. The van der Waals surface area contributed by atoms with Gasteiger partial charge in [0.25, 0.3) is 0 Å². The molecule has 86 valence electrons. The first kappa shape index (κ1) is 11.4. The summed E-state index contributed by atoms with van der Waals surface area (Å²) in [5.74, 6) is 0.366. The van der Waals surface area contributed by atoms with Gasteiger partial charge in [0.2, 0.25) is 0 Å². The van der Waals surface area contributed by atoms with Crippen LogP contribution in [0.5, 0.6) is 0 Å². The molecule has 16 heavy (non-hydrogen) atoms. The van der Waals surface area contributed by atoms with Crippen LogP contribution in [0.4, 0.5) is 0 Å². The van der Waals surface area contributed by atoms with E-state index in [9.17, 15) is 4.79 Å². The van der Waals surface area contributed by atoms with Gasteiger partial charge in [0.15, 0.2) is 0 Å². The lowest BCUT2D eigenvalue weighted by molar-refractivity contribution is -0.124. The van der Waals surface area contributed by atoms with Gasteiger partial charge in [0, 0.05) is 6.42 Å². The Hall–Kier alpha value is -1.11. The zero-order chi connectivity index (χ0) is 12.0. The van der Waals surface area contributed by atoms with E-state index in [0.29, 0.717) is 12.2 Å². The molecule has 0 bridgehead atoms. The van der Waals surface area contributed by atoms with Crippen molar-refractivity contribution in [2.45, 2.75) is 51.4 Å². The van der Waals surface area contributed by atoms with Crippen molar-refractivity contribution < 1.29 is 4.79 Å². The van der Waals surface area contributed by atoms with E-state index >= 15 is 0 Å². The van der Waals surface area contributed by atoms with Crippen LogP contribution >= 0.6 is 0 Å². The normalized spacial score (nSPS) is 26.5. The summed E-state index contributed by atoms with van der Waals surface area (Å²) in [7, 11) is 0. The van der Waals surface area contributed by atoms with Crippen molar-refractivity contribution in [1.82, 2.24) is 0 Å². The van der Waals surface area contributed by atoms with Gasteiger partial charge < -0.3 is 0 Å². The quantitative estimate of drug-likeness (QED) is 0.738. The molecule has 1 atom stereocenters. The smallest absolute Gasteiger partial charge is 0.142 e. The minimum absolute atomic E-state index is 0.121. The highest BCUT2D eigenvalue weighted by Crippen LogP contribution is 2.50. The third-order valence-electron chi connectivity index (χ3n) is 3.98. The van der Waals surface area contributed by atoms with Gasteiger partial charge in [-0.15, -0.1) is 0 Å². The van der Waals surface area contributed by atoms with Crippen LogP contribution in [0.15, 0.2) is 24.3 Å². The lowest BCUT2D eigenvalue weighted by atomic mass is 9.76. The van der Waals surface area contributed by atoms with Gasteiger partial charge in [-0.05, 0) is 29.9 Å². The van der Waals surface area contributed by atoms with Gasteiger partial charge >= 0.3 is 0 Å². The zero-order valence-electron chi connectivity index (χ0n) is 10.6. The predicted octanol–water partition coefficient (Wildman–Crippen LogP) is 3.60. The summed E-state index contributed by atoms with van der Waals surface area (Å²) in [6.45, 7) is 8.54. The second-order valence-corrected chi connectivity index (χ2v) is 5.72. The summed E-state index contributed by atoms with van der Waals surface area (Å²) in [6.07, 6.45) is 1.56. The number of carbonyl (C=O) groups excluding carboxylic acids is 1. The molecule has 1 aromatic carbocycles. The van der Waals surface area contributed by atoms with Crippen LogP contribution < -0.4 is 0 Å². The fourth-order valence-corrected chi connectivity index (χ4v) is 3.27. The fraction of sp³-hybridized carbons (Fsp3) is 0.533. The standard InChI is InChI=1S/C15H20O/c1-5-13(16)15(4)10-14(2,3)11-8-6-7-9-12(11)15/h6-9H,5,10H2,1-4H3. The number of carbonyl (C=O) groups is 1.